The molecule has 3 rings (SSSR count). The van der Waals surface area contributed by atoms with E-state index in [9.17, 15) is 9.59 Å². The van der Waals surface area contributed by atoms with Crippen LogP contribution < -0.4 is 0 Å². The molecule has 0 radical (unpaired) electrons. The van der Waals surface area contributed by atoms with E-state index in [2.05, 4.69) is 16.9 Å². The first-order valence-electron chi connectivity index (χ1n) is 6.27. The maximum absolute atomic E-state index is 12.3. The number of hydrogen-bond acceptors (Lipinski definition) is 3. The molecule has 0 aromatic carbocycles. The molecule has 3 aliphatic rings. The van der Waals surface area contributed by atoms with Crippen LogP contribution in [0.1, 0.15) is 19.8 Å². The fraction of sp³-hybridized carbons (Fsp3) is 0.818. The first-order chi connectivity index (χ1) is 8.61. The van der Waals surface area contributed by atoms with E-state index in [1.54, 1.807) is 9.80 Å². The zero-order valence-corrected chi connectivity index (χ0v) is 10.2. The Kier molecular flexibility index (Phi) is 2.45. The highest BCUT2D eigenvalue weighted by atomic mass is 16.2. The zero-order chi connectivity index (χ0) is 12.9. The van der Waals surface area contributed by atoms with Crippen LogP contribution in [0.3, 0.4) is 0 Å². The topological polar surface area (TPSA) is 89.4 Å². The minimum absolute atomic E-state index is 0.0274. The van der Waals surface area contributed by atoms with E-state index in [1.807, 2.05) is 0 Å². The van der Waals surface area contributed by atoms with Crippen LogP contribution in [-0.4, -0.2) is 52.8 Å². The summed E-state index contributed by atoms with van der Waals surface area (Å²) in [5, 5.41) is 3.64. The van der Waals surface area contributed by atoms with E-state index in [0.717, 1.165) is 6.42 Å². The Balaban J connectivity index is 1.87. The predicted octanol–water partition coefficient (Wildman–Crippen LogP) is 0.517. The Bertz CT molecular complexity index is 426. The maximum atomic E-state index is 12.3. The van der Waals surface area contributed by atoms with Gasteiger partial charge in [-0.2, -0.15) is 0 Å². The van der Waals surface area contributed by atoms with Gasteiger partial charge in [0, 0.05) is 18.0 Å². The Morgan fingerprint density at radius 3 is 2.44 bits per heavy atom. The molecule has 0 aliphatic carbocycles. The lowest BCUT2D eigenvalue weighted by Crippen LogP contribution is -2.60. The summed E-state index contributed by atoms with van der Waals surface area (Å²) in [7, 11) is 0. The van der Waals surface area contributed by atoms with Crippen LogP contribution in [0.25, 0.3) is 10.4 Å². The number of fused-ring (bicyclic) bond motifs is 2. The SMILES string of the molecule is C[C@H]1CC2C(=O)N3CC(N=[N+]=[N-])CC3C(=O)N2C1. The fourth-order valence-corrected chi connectivity index (χ4v) is 3.35. The van der Waals surface area contributed by atoms with Gasteiger partial charge in [0.05, 0.1) is 6.04 Å². The molecule has 4 atom stereocenters. The van der Waals surface area contributed by atoms with Crippen LogP contribution in [0.15, 0.2) is 5.11 Å². The molecule has 7 nitrogen and oxygen atoms in total. The molecule has 96 valence electrons. The third-order valence-electron chi connectivity index (χ3n) is 4.14. The highest BCUT2D eigenvalue weighted by Gasteiger charge is 2.52. The Morgan fingerprint density at radius 1 is 1.17 bits per heavy atom. The summed E-state index contributed by atoms with van der Waals surface area (Å²) in [6, 6.07) is -0.950. The number of piperazine rings is 1. The molecule has 3 unspecified atom stereocenters. The van der Waals surface area contributed by atoms with Gasteiger partial charge in [-0.25, -0.2) is 0 Å². The Morgan fingerprint density at radius 2 is 1.78 bits per heavy atom. The number of azide groups is 1. The van der Waals surface area contributed by atoms with Crippen molar-refractivity contribution in [1.29, 1.82) is 0 Å². The van der Waals surface area contributed by atoms with Crippen molar-refractivity contribution < 1.29 is 9.59 Å². The van der Waals surface area contributed by atoms with E-state index in [1.165, 1.54) is 0 Å². The minimum atomic E-state index is -0.408. The van der Waals surface area contributed by atoms with E-state index in [-0.39, 0.29) is 23.9 Å². The molecule has 3 heterocycles. The van der Waals surface area contributed by atoms with Crippen molar-refractivity contribution in [2.75, 3.05) is 13.1 Å². The van der Waals surface area contributed by atoms with Crippen LogP contribution in [0, 0.1) is 5.92 Å². The molecule has 3 fully saturated rings. The lowest BCUT2D eigenvalue weighted by Gasteiger charge is -2.38. The van der Waals surface area contributed by atoms with Gasteiger partial charge in [-0.1, -0.05) is 12.0 Å². The first-order valence-corrected chi connectivity index (χ1v) is 6.27. The van der Waals surface area contributed by atoms with Gasteiger partial charge in [0.2, 0.25) is 11.8 Å². The van der Waals surface area contributed by atoms with E-state index < -0.39 is 6.04 Å². The van der Waals surface area contributed by atoms with Crippen molar-refractivity contribution in [3.8, 4) is 0 Å². The summed E-state index contributed by atoms with van der Waals surface area (Å²) in [5.74, 6) is 0.440. The number of carbonyl (C=O) groups excluding carboxylic acids is 2. The second kappa shape index (κ2) is 3.88. The summed E-state index contributed by atoms with van der Waals surface area (Å²) in [4.78, 5) is 30.8. The van der Waals surface area contributed by atoms with Gasteiger partial charge in [0.25, 0.3) is 0 Å². The van der Waals surface area contributed by atoms with Gasteiger partial charge < -0.3 is 9.80 Å². The highest BCUT2D eigenvalue weighted by molar-refractivity contribution is 5.98. The standard InChI is InChI=1S/C11H15N5O2/c1-6-2-8-10(17)16-5-7(13-14-12)3-9(16)11(18)15(8)4-6/h6-9H,2-5H2,1H3/t6-,7?,8?,9?/m0/s1. The van der Waals surface area contributed by atoms with Crippen molar-refractivity contribution in [2.24, 2.45) is 11.0 Å². The van der Waals surface area contributed by atoms with Gasteiger partial charge in [0.15, 0.2) is 0 Å². The molecule has 3 saturated heterocycles. The van der Waals surface area contributed by atoms with Crippen LogP contribution in [0.2, 0.25) is 0 Å². The number of hydrogen-bond donors (Lipinski definition) is 0. The smallest absolute Gasteiger partial charge is 0.246 e. The zero-order valence-electron chi connectivity index (χ0n) is 10.2. The van der Waals surface area contributed by atoms with Gasteiger partial charge in [-0.3, -0.25) is 9.59 Å². The van der Waals surface area contributed by atoms with Gasteiger partial charge >= 0.3 is 0 Å². The minimum Gasteiger partial charge on any atom is -0.329 e. The lowest BCUT2D eigenvalue weighted by molar-refractivity contribution is -0.156. The Labute approximate surface area is 104 Å². The summed E-state index contributed by atoms with van der Waals surface area (Å²) in [5.41, 5.74) is 8.45. The molecule has 7 heteroatoms. The maximum Gasteiger partial charge on any atom is 0.246 e. The van der Waals surface area contributed by atoms with Crippen molar-refractivity contribution >= 4 is 11.8 Å². The van der Waals surface area contributed by atoms with Gasteiger partial charge in [0.1, 0.15) is 12.1 Å². The summed E-state index contributed by atoms with van der Waals surface area (Å²) < 4.78 is 0. The second-order valence-electron chi connectivity index (χ2n) is 5.45. The number of amides is 2. The average Bonchev–Trinajstić information content (AvgIpc) is 2.91. The molecule has 18 heavy (non-hydrogen) atoms. The van der Waals surface area contributed by atoms with Crippen LogP contribution >= 0.6 is 0 Å². The number of carbonyl (C=O) groups is 2. The largest absolute Gasteiger partial charge is 0.329 e. The third-order valence-corrected chi connectivity index (χ3v) is 4.14. The van der Waals surface area contributed by atoms with E-state index in [0.29, 0.717) is 25.4 Å². The lowest BCUT2D eigenvalue weighted by atomic mass is 10.0. The van der Waals surface area contributed by atoms with Crippen molar-refractivity contribution in [2.45, 2.75) is 37.9 Å². The van der Waals surface area contributed by atoms with Gasteiger partial charge in [-0.05, 0) is 24.3 Å². The van der Waals surface area contributed by atoms with Crippen LogP contribution in [-0.2, 0) is 9.59 Å². The summed E-state index contributed by atoms with van der Waals surface area (Å²) >= 11 is 0. The normalized spacial score (nSPS) is 38.5. The molecule has 3 aliphatic heterocycles. The van der Waals surface area contributed by atoms with Crippen molar-refractivity contribution in [3.63, 3.8) is 0 Å². The molecule has 2 amide bonds. The predicted molar refractivity (Wildman–Crippen MR) is 62.3 cm³/mol. The van der Waals surface area contributed by atoms with Gasteiger partial charge in [-0.15, -0.1) is 0 Å². The second-order valence-corrected chi connectivity index (χ2v) is 5.45. The molecule has 0 bridgehead atoms. The number of nitrogens with zero attached hydrogens (tertiary/aromatic N) is 5. The number of rotatable bonds is 1. The average molecular weight is 249 g/mol. The molecule has 0 saturated carbocycles. The van der Waals surface area contributed by atoms with Crippen LogP contribution in [0.5, 0.6) is 0 Å². The first kappa shape index (κ1) is 11.3. The molecule has 0 N–H and O–H groups in total. The van der Waals surface area contributed by atoms with Crippen molar-refractivity contribution in [3.05, 3.63) is 10.4 Å². The molecular weight excluding hydrogens is 234 g/mol. The highest BCUT2D eigenvalue weighted by Crippen LogP contribution is 2.34. The third kappa shape index (κ3) is 1.47. The fourth-order valence-electron chi connectivity index (χ4n) is 3.35. The molecule has 0 spiro atoms. The van der Waals surface area contributed by atoms with Crippen molar-refractivity contribution in [1.82, 2.24) is 9.80 Å². The summed E-state index contributed by atoms with van der Waals surface area (Å²) in [6.45, 7) is 3.12. The Hall–Kier alpha value is -1.75. The monoisotopic (exact) mass is 249 g/mol. The quantitative estimate of drug-likeness (QED) is 0.385. The molecule has 0 aromatic heterocycles. The van der Waals surface area contributed by atoms with Crippen LogP contribution in [0.4, 0.5) is 0 Å². The summed E-state index contributed by atoms with van der Waals surface area (Å²) in [6.07, 6.45) is 1.21. The molecule has 0 aromatic rings. The molecular formula is C11H15N5O2. The van der Waals surface area contributed by atoms with E-state index in [4.69, 9.17) is 5.53 Å². The van der Waals surface area contributed by atoms with E-state index >= 15 is 0 Å².